The Balaban J connectivity index is 3.30. The summed E-state index contributed by atoms with van der Waals surface area (Å²) in [6.45, 7) is 0.299. The molecular formula is C9H17NO7. The van der Waals surface area contributed by atoms with Crippen molar-refractivity contribution in [1.29, 1.82) is 0 Å². The number of methoxy groups -OCH3 is 1. The Bertz CT molecular complexity index is 231. The number of ether oxygens (including phenoxy) is 2. The van der Waals surface area contributed by atoms with Crippen molar-refractivity contribution in [2.45, 2.75) is 25.7 Å². The molecule has 8 nitrogen and oxygen atoms in total. The topological polar surface area (TPSA) is 106 Å². The van der Waals surface area contributed by atoms with Gasteiger partial charge in [-0.05, 0) is 12.8 Å². The molecule has 0 aliphatic carbocycles. The normalized spacial score (nSPS) is 10.4. The second-order valence-electron chi connectivity index (χ2n) is 3.09. The minimum absolute atomic E-state index is 0.00241. The van der Waals surface area contributed by atoms with Gasteiger partial charge in [-0.3, -0.25) is 24.8 Å². The number of unbranched alkanes of at least 4 members (excludes halogenated alkanes) is 1. The zero-order valence-corrected chi connectivity index (χ0v) is 9.63. The summed E-state index contributed by atoms with van der Waals surface area (Å²) in [5.74, 6) is -0.927. The Morgan fingerprint density at radius 1 is 1.06 bits per heavy atom. The highest BCUT2D eigenvalue weighted by Gasteiger charge is 2.07. The summed E-state index contributed by atoms with van der Waals surface area (Å²) in [5.41, 5.74) is 0. The van der Waals surface area contributed by atoms with Gasteiger partial charge in [-0.1, -0.05) is 0 Å². The number of carbonyl (C=O) groups is 2. The van der Waals surface area contributed by atoms with E-state index >= 15 is 0 Å². The molecule has 0 saturated carbocycles. The summed E-state index contributed by atoms with van der Waals surface area (Å²) in [6, 6.07) is 0. The molecule has 0 fully saturated rings. The van der Waals surface area contributed by atoms with Crippen molar-refractivity contribution in [3.05, 3.63) is 0 Å². The van der Waals surface area contributed by atoms with Crippen LogP contribution in [0.4, 0.5) is 0 Å². The van der Waals surface area contributed by atoms with Crippen LogP contribution in [0.15, 0.2) is 0 Å². The molecule has 0 rings (SSSR count). The summed E-state index contributed by atoms with van der Waals surface area (Å²) in [6.07, 6.45) is 1.02. The molecule has 0 bridgehead atoms. The molecule has 17 heavy (non-hydrogen) atoms. The Hall–Kier alpha value is -1.22. The standard InChI is InChI=1S/C9H17NO7/c1-15-8(11)4-5-9(12)16-6-2-3-7-17-10(13)14/h13-14H,2-7H2,1H3. The van der Waals surface area contributed by atoms with Crippen molar-refractivity contribution in [3.8, 4) is 0 Å². The quantitative estimate of drug-likeness (QED) is 0.342. The molecule has 0 aliphatic heterocycles. The Morgan fingerprint density at radius 2 is 1.65 bits per heavy atom. The molecule has 0 saturated heterocycles. The predicted molar refractivity (Wildman–Crippen MR) is 52.8 cm³/mol. The molecule has 100 valence electrons. The van der Waals surface area contributed by atoms with Crippen molar-refractivity contribution >= 4 is 11.9 Å². The third kappa shape index (κ3) is 11.1. The summed E-state index contributed by atoms with van der Waals surface area (Å²) in [4.78, 5) is 26.0. The average Bonchev–Trinajstić information content (AvgIpc) is 2.30. The molecule has 0 heterocycles. The lowest BCUT2D eigenvalue weighted by Crippen LogP contribution is -2.15. The molecule has 8 heteroatoms. The lowest BCUT2D eigenvalue weighted by molar-refractivity contribution is -0.492. The predicted octanol–water partition coefficient (Wildman–Crippen LogP) is 0.275. The highest BCUT2D eigenvalue weighted by Crippen LogP contribution is 1.98. The van der Waals surface area contributed by atoms with Gasteiger partial charge in [0.15, 0.2) is 0 Å². The van der Waals surface area contributed by atoms with Crippen molar-refractivity contribution in [2.75, 3.05) is 20.3 Å². The Kier molecular flexibility index (Phi) is 9.25. The third-order valence-electron chi connectivity index (χ3n) is 1.77. The van der Waals surface area contributed by atoms with Crippen LogP contribution in [0.1, 0.15) is 25.7 Å². The second kappa shape index (κ2) is 9.97. The number of hydrogen-bond acceptors (Lipinski definition) is 8. The Labute approximate surface area is 98.5 Å². The molecule has 0 aromatic rings. The molecule has 0 unspecified atom stereocenters. The zero-order valence-electron chi connectivity index (χ0n) is 9.63. The first-order valence-electron chi connectivity index (χ1n) is 5.09. The maximum atomic E-state index is 11.1. The van der Waals surface area contributed by atoms with Gasteiger partial charge in [0, 0.05) is 0 Å². The van der Waals surface area contributed by atoms with Crippen molar-refractivity contribution in [2.24, 2.45) is 0 Å². The van der Waals surface area contributed by atoms with Gasteiger partial charge in [-0.2, -0.15) is 0 Å². The summed E-state index contributed by atoms with van der Waals surface area (Å²) in [5, 5.41) is 16.0. The summed E-state index contributed by atoms with van der Waals surface area (Å²) >= 11 is 0. The Morgan fingerprint density at radius 3 is 2.24 bits per heavy atom. The number of hydrogen-bond donors (Lipinski definition) is 2. The van der Waals surface area contributed by atoms with Crippen LogP contribution >= 0.6 is 0 Å². The van der Waals surface area contributed by atoms with E-state index in [4.69, 9.17) is 15.2 Å². The second-order valence-corrected chi connectivity index (χ2v) is 3.09. The molecule has 0 aromatic heterocycles. The third-order valence-corrected chi connectivity index (χ3v) is 1.77. The van der Waals surface area contributed by atoms with Crippen LogP contribution in [0.3, 0.4) is 0 Å². The maximum absolute atomic E-state index is 11.1. The molecule has 0 radical (unpaired) electrons. The van der Waals surface area contributed by atoms with Gasteiger partial charge in [0.1, 0.15) is 0 Å². The molecule has 0 atom stereocenters. The van der Waals surface area contributed by atoms with Crippen molar-refractivity contribution in [3.63, 3.8) is 0 Å². The largest absolute Gasteiger partial charge is 0.469 e. The smallest absolute Gasteiger partial charge is 0.306 e. The molecular weight excluding hydrogens is 234 g/mol. The van der Waals surface area contributed by atoms with Crippen LogP contribution < -0.4 is 0 Å². The first kappa shape index (κ1) is 15.8. The SMILES string of the molecule is COC(=O)CCC(=O)OCCCCON(O)O. The first-order valence-corrected chi connectivity index (χ1v) is 5.09. The highest BCUT2D eigenvalue weighted by atomic mass is 17.1. The van der Waals surface area contributed by atoms with E-state index < -0.39 is 11.9 Å². The van der Waals surface area contributed by atoms with Crippen molar-refractivity contribution < 1.29 is 34.3 Å². The van der Waals surface area contributed by atoms with Crippen LogP contribution in [-0.2, 0) is 23.9 Å². The van der Waals surface area contributed by atoms with E-state index in [0.29, 0.717) is 12.8 Å². The van der Waals surface area contributed by atoms with Gasteiger partial charge in [0.05, 0.1) is 38.6 Å². The first-order chi connectivity index (χ1) is 8.06. The number of rotatable bonds is 9. The van der Waals surface area contributed by atoms with E-state index in [1.165, 1.54) is 7.11 Å². The monoisotopic (exact) mass is 251 g/mol. The summed E-state index contributed by atoms with van der Waals surface area (Å²) < 4.78 is 9.17. The van der Waals surface area contributed by atoms with E-state index in [0.717, 1.165) is 0 Å². The fourth-order valence-electron chi connectivity index (χ4n) is 0.915. The maximum Gasteiger partial charge on any atom is 0.306 e. The number of nitrogens with zero attached hydrogens (tertiary/aromatic N) is 1. The van der Waals surface area contributed by atoms with Gasteiger partial charge >= 0.3 is 11.9 Å². The van der Waals surface area contributed by atoms with Crippen LogP contribution in [0.2, 0.25) is 0 Å². The van der Waals surface area contributed by atoms with Gasteiger partial charge in [0.25, 0.3) is 0 Å². The van der Waals surface area contributed by atoms with Crippen molar-refractivity contribution in [1.82, 2.24) is 5.39 Å². The summed E-state index contributed by atoms with van der Waals surface area (Å²) in [7, 11) is 1.25. The van der Waals surface area contributed by atoms with E-state index in [1.807, 2.05) is 0 Å². The van der Waals surface area contributed by atoms with Crippen LogP contribution in [0.5, 0.6) is 0 Å². The van der Waals surface area contributed by atoms with E-state index in [-0.39, 0.29) is 31.4 Å². The molecule has 0 aromatic carbocycles. The lowest BCUT2D eigenvalue weighted by atomic mass is 10.3. The lowest BCUT2D eigenvalue weighted by Gasteiger charge is -2.06. The van der Waals surface area contributed by atoms with E-state index in [2.05, 4.69) is 9.57 Å². The molecule has 0 spiro atoms. The zero-order chi connectivity index (χ0) is 13.1. The van der Waals surface area contributed by atoms with Crippen LogP contribution in [-0.4, -0.2) is 48.1 Å². The van der Waals surface area contributed by atoms with Crippen LogP contribution in [0, 0.1) is 0 Å². The fraction of sp³-hybridized carbons (Fsp3) is 0.778. The highest BCUT2D eigenvalue weighted by molar-refractivity contribution is 5.77. The van der Waals surface area contributed by atoms with Gasteiger partial charge < -0.3 is 9.47 Å². The average molecular weight is 251 g/mol. The molecule has 0 aliphatic rings. The minimum Gasteiger partial charge on any atom is -0.469 e. The fourth-order valence-corrected chi connectivity index (χ4v) is 0.915. The molecule has 2 N–H and O–H groups in total. The number of carbonyl (C=O) groups excluding carboxylic acids is 2. The van der Waals surface area contributed by atoms with E-state index in [1.54, 1.807) is 0 Å². The van der Waals surface area contributed by atoms with Gasteiger partial charge in [0.2, 0.25) is 0 Å². The molecule has 0 amide bonds. The number of esters is 2. The van der Waals surface area contributed by atoms with Gasteiger partial charge in [-0.15, -0.1) is 0 Å². The van der Waals surface area contributed by atoms with E-state index in [9.17, 15) is 9.59 Å². The van der Waals surface area contributed by atoms with Crippen LogP contribution in [0.25, 0.3) is 0 Å². The minimum atomic E-state index is -0.470. The van der Waals surface area contributed by atoms with Gasteiger partial charge in [-0.25, -0.2) is 0 Å².